The third-order valence-corrected chi connectivity index (χ3v) is 3.59. The smallest absolute Gasteiger partial charge is 0.157 e. The maximum atomic E-state index is 5.84. The molecule has 102 valence electrons. The molecule has 1 saturated carbocycles. The second kappa shape index (κ2) is 5.57. The van der Waals surface area contributed by atoms with Gasteiger partial charge in [0.05, 0.1) is 12.7 Å². The van der Waals surface area contributed by atoms with Crippen LogP contribution in [0.5, 0.6) is 0 Å². The second-order valence-corrected chi connectivity index (χ2v) is 5.15. The van der Waals surface area contributed by atoms with Gasteiger partial charge in [-0.2, -0.15) is 9.61 Å². The van der Waals surface area contributed by atoms with E-state index in [0.29, 0.717) is 6.10 Å². The molecule has 0 spiro atoms. The maximum absolute atomic E-state index is 5.84. The van der Waals surface area contributed by atoms with Crippen molar-refractivity contribution in [3.8, 4) is 0 Å². The summed E-state index contributed by atoms with van der Waals surface area (Å²) >= 11 is 0. The van der Waals surface area contributed by atoms with E-state index < -0.39 is 0 Å². The minimum atomic E-state index is 0.477. The van der Waals surface area contributed by atoms with Crippen LogP contribution >= 0.6 is 0 Å². The molecule has 0 radical (unpaired) electrons. The molecule has 0 bridgehead atoms. The van der Waals surface area contributed by atoms with Crippen LogP contribution in [-0.2, 0) is 4.74 Å². The molecule has 2 heterocycles. The van der Waals surface area contributed by atoms with E-state index in [1.54, 1.807) is 6.33 Å². The highest BCUT2D eigenvalue weighted by molar-refractivity contribution is 5.51. The number of hydrogen-bond donors (Lipinski definition) is 1. The Morgan fingerprint density at radius 1 is 1.37 bits per heavy atom. The van der Waals surface area contributed by atoms with Crippen LogP contribution in [0.3, 0.4) is 0 Å². The molecule has 0 unspecified atom stereocenters. The lowest BCUT2D eigenvalue weighted by atomic mass is 10.3. The molecule has 0 amide bonds. The van der Waals surface area contributed by atoms with Crippen LogP contribution in [0.15, 0.2) is 18.5 Å². The molecule has 0 atom stereocenters. The first kappa shape index (κ1) is 12.4. The van der Waals surface area contributed by atoms with Crippen molar-refractivity contribution in [3.05, 3.63) is 24.0 Å². The van der Waals surface area contributed by atoms with Crippen molar-refractivity contribution in [3.63, 3.8) is 0 Å². The molecule has 1 fully saturated rings. The van der Waals surface area contributed by atoms with Crippen LogP contribution in [0.2, 0.25) is 0 Å². The standard InChI is InChI=1S/C14H20N4O/c1-11-8-13(18-14(9-11)16-10-17-18)15-6-7-19-12-4-2-3-5-12/h8-10,12,15H,2-7H2,1H3. The van der Waals surface area contributed by atoms with Gasteiger partial charge in [-0.1, -0.05) is 12.8 Å². The Labute approximate surface area is 113 Å². The highest BCUT2D eigenvalue weighted by atomic mass is 16.5. The number of pyridine rings is 1. The third-order valence-electron chi connectivity index (χ3n) is 3.59. The largest absolute Gasteiger partial charge is 0.376 e. The Balaban J connectivity index is 1.57. The fraction of sp³-hybridized carbons (Fsp3) is 0.571. The van der Waals surface area contributed by atoms with Gasteiger partial charge >= 0.3 is 0 Å². The number of hydrogen-bond acceptors (Lipinski definition) is 4. The lowest BCUT2D eigenvalue weighted by Crippen LogP contribution is -2.16. The number of ether oxygens (including phenoxy) is 1. The maximum Gasteiger partial charge on any atom is 0.157 e. The molecule has 2 aromatic heterocycles. The molecule has 0 aromatic carbocycles. The fourth-order valence-corrected chi connectivity index (χ4v) is 2.64. The van der Waals surface area contributed by atoms with E-state index in [1.807, 2.05) is 10.6 Å². The summed E-state index contributed by atoms with van der Waals surface area (Å²) in [5.41, 5.74) is 2.05. The molecule has 1 aliphatic carbocycles. The van der Waals surface area contributed by atoms with Gasteiger partial charge in [0, 0.05) is 6.54 Å². The van der Waals surface area contributed by atoms with Crippen molar-refractivity contribution >= 4 is 11.5 Å². The Bertz CT molecular complexity index is 545. The molecule has 19 heavy (non-hydrogen) atoms. The van der Waals surface area contributed by atoms with E-state index in [-0.39, 0.29) is 0 Å². The summed E-state index contributed by atoms with van der Waals surface area (Å²) in [6.45, 7) is 3.61. The van der Waals surface area contributed by atoms with Gasteiger partial charge in [0.15, 0.2) is 5.65 Å². The van der Waals surface area contributed by atoms with E-state index >= 15 is 0 Å². The van der Waals surface area contributed by atoms with Crippen molar-refractivity contribution in [2.24, 2.45) is 0 Å². The summed E-state index contributed by atoms with van der Waals surface area (Å²) in [5, 5.41) is 7.59. The van der Waals surface area contributed by atoms with Crippen LogP contribution in [0.1, 0.15) is 31.2 Å². The number of anilines is 1. The summed E-state index contributed by atoms with van der Waals surface area (Å²) < 4.78 is 7.66. The van der Waals surface area contributed by atoms with Crippen molar-refractivity contribution in [1.29, 1.82) is 0 Å². The van der Waals surface area contributed by atoms with Crippen molar-refractivity contribution in [2.45, 2.75) is 38.7 Å². The zero-order chi connectivity index (χ0) is 13.1. The van der Waals surface area contributed by atoms with Crippen LogP contribution in [-0.4, -0.2) is 33.9 Å². The number of aryl methyl sites for hydroxylation is 1. The van der Waals surface area contributed by atoms with Gasteiger partial charge in [0.25, 0.3) is 0 Å². The summed E-state index contributed by atoms with van der Waals surface area (Å²) in [6.07, 6.45) is 7.13. The van der Waals surface area contributed by atoms with Crippen LogP contribution in [0.4, 0.5) is 5.82 Å². The molecular weight excluding hydrogens is 240 g/mol. The minimum absolute atomic E-state index is 0.477. The third kappa shape index (κ3) is 2.87. The molecular formula is C14H20N4O. The molecule has 0 aliphatic heterocycles. The first-order valence-electron chi connectivity index (χ1n) is 6.99. The van der Waals surface area contributed by atoms with Gasteiger partial charge in [0.2, 0.25) is 0 Å². The van der Waals surface area contributed by atoms with Crippen molar-refractivity contribution in [2.75, 3.05) is 18.5 Å². The highest BCUT2D eigenvalue weighted by Gasteiger charge is 2.14. The predicted octanol–water partition coefficient (Wildman–Crippen LogP) is 2.41. The van der Waals surface area contributed by atoms with Crippen LogP contribution < -0.4 is 5.32 Å². The molecule has 2 aromatic rings. The SMILES string of the molecule is Cc1cc(NCCOC2CCCC2)n2ncnc2c1. The molecule has 0 saturated heterocycles. The van der Waals surface area contributed by atoms with Gasteiger partial charge in [0.1, 0.15) is 12.1 Å². The van der Waals surface area contributed by atoms with Gasteiger partial charge in [-0.25, -0.2) is 4.98 Å². The number of nitrogens with zero attached hydrogens (tertiary/aromatic N) is 3. The van der Waals surface area contributed by atoms with Crippen LogP contribution in [0.25, 0.3) is 5.65 Å². The number of rotatable bonds is 5. The Morgan fingerprint density at radius 3 is 3.05 bits per heavy atom. The molecule has 5 nitrogen and oxygen atoms in total. The summed E-state index contributed by atoms with van der Waals surface area (Å²) in [7, 11) is 0. The quantitative estimate of drug-likeness (QED) is 0.839. The van der Waals surface area contributed by atoms with Crippen molar-refractivity contribution < 1.29 is 4.74 Å². The van der Waals surface area contributed by atoms with Gasteiger partial charge in [-0.15, -0.1) is 0 Å². The van der Waals surface area contributed by atoms with Crippen LogP contribution in [0, 0.1) is 6.92 Å². The van der Waals surface area contributed by atoms with E-state index in [2.05, 4.69) is 28.4 Å². The second-order valence-electron chi connectivity index (χ2n) is 5.15. The average Bonchev–Trinajstić information content (AvgIpc) is 3.04. The van der Waals surface area contributed by atoms with Gasteiger partial charge in [-0.05, 0) is 37.5 Å². The van der Waals surface area contributed by atoms with Crippen molar-refractivity contribution in [1.82, 2.24) is 14.6 Å². The van der Waals surface area contributed by atoms with E-state index in [4.69, 9.17) is 4.74 Å². The Morgan fingerprint density at radius 2 is 2.21 bits per heavy atom. The number of fused-ring (bicyclic) bond motifs is 1. The Kier molecular flexibility index (Phi) is 3.64. The summed E-state index contributed by atoms with van der Waals surface area (Å²) in [4.78, 5) is 4.21. The van der Waals surface area contributed by atoms with E-state index in [9.17, 15) is 0 Å². The summed E-state index contributed by atoms with van der Waals surface area (Å²) in [5.74, 6) is 0.975. The topological polar surface area (TPSA) is 51.5 Å². The number of nitrogens with one attached hydrogen (secondary N) is 1. The zero-order valence-electron chi connectivity index (χ0n) is 11.3. The highest BCUT2D eigenvalue weighted by Crippen LogP contribution is 2.20. The summed E-state index contributed by atoms with van der Waals surface area (Å²) in [6, 6.07) is 4.10. The fourth-order valence-electron chi connectivity index (χ4n) is 2.64. The normalized spacial score (nSPS) is 16.3. The molecule has 3 rings (SSSR count). The average molecular weight is 260 g/mol. The first-order chi connectivity index (χ1) is 9.33. The van der Waals surface area contributed by atoms with E-state index in [1.165, 1.54) is 31.2 Å². The monoisotopic (exact) mass is 260 g/mol. The first-order valence-corrected chi connectivity index (χ1v) is 6.99. The molecule has 1 aliphatic rings. The number of aromatic nitrogens is 3. The lowest BCUT2D eigenvalue weighted by Gasteiger charge is -2.13. The predicted molar refractivity (Wildman–Crippen MR) is 74.4 cm³/mol. The molecule has 1 N–H and O–H groups in total. The van der Waals surface area contributed by atoms with Gasteiger partial charge in [-0.3, -0.25) is 0 Å². The van der Waals surface area contributed by atoms with Gasteiger partial charge < -0.3 is 10.1 Å². The zero-order valence-corrected chi connectivity index (χ0v) is 11.3. The molecule has 5 heteroatoms. The Hall–Kier alpha value is -1.62. The minimum Gasteiger partial charge on any atom is -0.376 e. The van der Waals surface area contributed by atoms with E-state index in [0.717, 1.165) is 24.6 Å². The lowest BCUT2D eigenvalue weighted by molar-refractivity contribution is 0.0658.